The Kier molecular flexibility index (Phi) is 4.22. The van der Waals surface area contributed by atoms with Crippen LogP contribution in [0.15, 0.2) is 42.5 Å². The quantitative estimate of drug-likeness (QED) is 0.789. The van der Waals surface area contributed by atoms with E-state index in [1.54, 1.807) is 20.3 Å². The second-order valence-corrected chi connectivity index (χ2v) is 6.62. The van der Waals surface area contributed by atoms with Gasteiger partial charge in [-0.15, -0.1) is 0 Å². The summed E-state index contributed by atoms with van der Waals surface area (Å²) in [6, 6.07) is 12.9. The first kappa shape index (κ1) is 16.4. The minimum atomic E-state index is -0.418. The maximum Gasteiger partial charge on any atom is 0.170 e. The molecule has 0 aromatic heterocycles. The molecular weight excluding hydrogens is 304 g/mol. The van der Waals surface area contributed by atoms with Crippen molar-refractivity contribution in [3.8, 4) is 17.2 Å². The molecule has 1 atom stereocenters. The summed E-state index contributed by atoms with van der Waals surface area (Å²) >= 11 is 0. The van der Waals surface area contributed by atoms with Gasteiger partial charge in [0.05, 0.1) is 20.1 Å². The molecule has 0 saturated carbocycles. The van der Waals surface area contributed by atoms with E-state index < -0.39 is 5.60 Å². The molecular formula is C20H22O4. The Balaban J connectivity index is 2.02. The van der Waals surface area contributed by atoms with Gasteiger partial charge in [0.1, 0.15) is 22.8 Å². The summed E-state index contributed by atoms with van der Waals surface area (Å²) in [5.74, 6) is 1.95. The minimum Gasteiger partial charge on any atom is -0.497 e. The van der Waals surface area contributed by atoms with Gasteiger partial charge >= 0.3 is 0 Å². The molecule has 0 aliphatic carbocycles. The van der Waals surface area contributed by atoms with E-state index in [2.05, 4.69) is 0 Å². The largest absolute Gasteiger partial charge is 0.497 e. The summed E-state index contributed by atoms with van der Waals surface area (Å²) in [5, 5.41) is 0. The highest BCUT2D eigenvalue weighted by Crippen LogP contribution is 2.43. The van der Waals surface area contributed by atoms with Crippen molar-refractivity contribution in [1.82, 2.24) is 0 Å². The van der Waals surface area contributed by atoms with Crippen LogP contribution in [-0.4, -0.2) is 25.6 Å². The Morgan fingerprint density at radius 3 is 2.50 bits per heavy atom. The SMILES string of the molecule is COc1cccc(C(=O)C2CC(C)(C)Oc3cc(OC)ccc32)c1. The summed E-state index contributed by atoms with van der Waals surface area (Å²) in [5.41, 5.74) is 1.14. The van der Waals surface area contributed by atoms with E-state index in [0.717, 1.165) is 11.3 Å². The zero-order valence-electron chi connectivity index (χ0n) is 14.5. The van der Waals surface area contributed by atoms with E-state index in [-0.39, 0.29) is 11.7 Å². The smallest absolute Gasteiger partial charge is 0.170 e. The van der Waals surface area contributed by atoms with Crippen LogP contribution in [0, 0.1) is 0 Å². The summed E-state index contributed by atoms with van der Waals surface area (Å²) in [4.78, 5) is 13.1. The average molecular weight is 326 g/mol. The average Bonchev–Trinajstić information content (AvgIpc) is 2.59. The fourth-order valence-corrected chi connectivity index (χ4v) is 3.17. The monoisotopic (exact) mass is 326 g/mol. The van der Waals surface area contributed by atoms with Gasteiger partial charge in [-0.2, -0.15) is 0 Å². The molecule has 1 aliphatic heterocycles. The molecule has 126 valence electrons. The Morgan fingerprint density at radius 1 is 1.08 bits per heavy atom. The first-order chi connectivity index (χ1) is 11.4. The van der Waals surface area contributed by atoms with Crippen molar-refractivity contribution in [1.29, 1.82) is 0 Å². The molecule has 2 aromatic rings. The highest BCUT2D eigenvalue weighted by molar-refractivity contribution is 6.01. The Labute approximate surface area is 142 Å². The lowest BCUT2D eigenvalue weighted by atomic mass is 9.80. The lowest BCUT2D eigenvalue weighted by Crippen LogP contribution is -2.37. The van der Waals surface area contributed by atoms with Gasteiger partial charge in [0.15, 0.2) is 5.78 Å². The van der Waals surface area contributed by atoms with E-state index in [1.807, 2.05) is 50.2 Å². The Hall–Kier alpha value is -2.49. The molecule has 0 fully saturated rings. The van der Waals surface area contributed by atoms with Crippen molar-refractivity contribution < 1.29 is 19.0 Å². The fourth-order valence-electron chi connectivity index (χ4n) is 3.17. The van der Waals surface area contributed by atoms with Crippen LogP contribution < -0.4 is 14.2 Å². The first-order valence-electron chi connectivity index (χ1n) is 7.99. The molecule has 24 heavy (non-hydrogen) atoms. The number of fused-ring (bicyclic) bond motifs is 1. The van der Waals surface area contributed by atoms with Crippen molar-refractivity contribution in [3.05, 3.63) is 53.6 Å². The summed E-state index contributed by atoms with van der Waals surface area (Å²) in [6.45, 7) is 4.00. The van der Waals surface area contributed by atoms with E-state index in [0.29, 0.717) is 23.5 Å². The molecule has 3 rings (SSSR count). The summed E-state index contributed by atoms with van der Waals surface area (Å²) < 4.78 is 16.6. The van der Waals surface area contributed by atoms with Crippen molar-refractivity contribution in [2.24, 2.45) is 0 Å². The number of ether oxygens (including phenoxy) is 3. The second kappa shape index (κ2) is 6.19. The van der Waals surface area contributed by atoms with Crippen molar-refractivity contribution >= 4 is 5.78 Å². The van der Waals surface area contributed by atoms with E-state index >= 15 is 0 Å². The number of ketones is 1. The Bertz CT molecular complexity index is 764. The lowest BCUT2D eigenvalue weighted by Gasteiger charge is -2.37. The zero-order valence-corrected chi connectivity index (χ0v) is 14.5. The fraction of sp³-hybridized carbons (Fsp3) is 0.350. The van der Waals surface area contributed by atoms with Crippen LogP contribution >= 0.6 is 0 Å². The van der Waals surface area contributed by atoms with Gasteiger partial charge in [0, 0.05) is 23.6 Å². The summed E-state index contributed by atoms with van der Waals surface area (Å²) in [7, 11) is 3.22. The van der Waals surface area contributed by atoms with Crippen LogP contribution in [-0.2, 0) is 0 Å². The number of carbonyl (C=O) groups is 1. The van der Waals surface area contributed by atoms with Crippen molar-refractivity contribution in [3.63, 3.8) is 0 Å². The summed E-state index contributed by atoms with van der Waals surface area (Å²) in [6.07, 6.45) is 0.627. The number of Topliss-reactive ketones (excluding diaryl/α,β-unsaturated/α-hetero) is 1. The number of methoxy groups -OCH3 is 2. The van der Waals surface area contributed by atoms with Crippen LogP contribution in [0.5, 0.6) is 17.2 Å². The predicted octanol–water partition coefficient (Wildman–Crippen LogP) is 4.23. The molecule has 1 aliphatic rings. The molecule has 2 aromatic carbocycles. The molecule has 1 heterocycles. The molecule has 0 amide bonds. The van der Waals surface area contributed by atoms with Crippen LogP contribution in [0.4, 0.5) is 0 Å². The number of benzene rings is 2. The third-order valence-corrected chi connectivity index (χ3v) is 4.35. The highest BCUT2D eigenvalue weighted by Gasteiger charge is 2.38. The number of hydrogen-bond donors (Lipinski definition) is 0. The zero-order chi connectivity index (χ0) is 17.3. The van der Waals surface area contributed by atoms with Gasteiger partial charge in [-0.3, -0.25) is 4.79 Å². The van der Waals surface area contributed by atoms with Gasteiger partial charge in [-0.1, -0.05) is 18.2 Å². The van der Waals surface area contributed by atoms with Gasteiger partial charge in [0.25, 0.3) is 0 Å². The van der Waals surface area contributed by atoms with E-state index in [9.17, 15) is 4.79 Å². The predicted molar refractivity (Wildman–Crippen MR) is 92.4 cm³/mol. The maximum atomic E-state index is 13.1. The molecule has 0 radical (unpaired) electrons. The van der Waals surface area contributed by atoms with Gasteiger partial charge < -0.3 is 14.2 Å². The topological polar surface area (TPSA) is 44.8 Å². The molecule has 0 N–H and O–H groups in total. The molecule has 4 nitrogen and oxygen atoms in total. The minimum absolute atomic E-state index is 0.0803. The molecule has 4 heteroatoms. The third-order valence-electron chi connectivity index (χ3n) is 4.35. The number of carbonyl (C=O) groups excluding carboxylic acids is 1. The molecule has 1 unspecified atom stereocenters. The number of hydrogen-bond acceptors (Lipinski definition) is 4. The van der Waals surface area contributed by atoms with Crippen LogP contribution in [0.3, 0.4) is 0 Å². The Morgan fingerprint density at radius 2 is 1.79 bits per heavy atom. The second-order valence-electron chi connectivity index (χ2n) is 6.62. The van der Waals surface area contributed by atoms with Crippen molar-refractivity contribution in [2.45, 2.75) is 31.8 Å². The third kappa shape index (κ3) is 3.09. The van der Waals surface area contributed by atoms with Crippen LogP contribution in [0.1, 0.15) is 42.1 Å². The number of rotatable bonds is 4. The van der Waals surface area contributed by atoms with E-state index in [1.165, 1.54) is 0 Å². The highest BCUT2D eigenvalue weighted by atomic mass is 16.5. The van der Waals surface area contributed by atoms with Gasteiger partial charge in [-0.25, -0.2) is 0 Å². The standard InChI is InChI=1S/C20H22O4/c1-20(2)12-17(16-9-8-15(23-4)11-18(16)24-20)19(21)13-6-5-7-14(10-13)22-3/h5-11,17H,12H2,1-4H3. The maximum absolute atomic E-state index is 13.1. The van der Waals surface area contributed by atoms with Gasteiger partial charge in [0.2, 0.25) is 0 Å². The molecule has 0 saturated heterocycles. The molecule has 0 bridgehead atoms. The normalized spacial score (nSPS) is 18.2. The van der Waals surface area contributed by atoms with Crippen LogP contribution in [0.2, 0.25) is 0 Å². The first-order valence-corrected chi connectivity index (χ1v) is 7.99. The van der Waals surface area contributed by atoms with Crippen LogP contribution in [0.25, 0.3) is 0 Å². The van der Waals surface area contributed by atoms with Crippen molar-refractivity contribution in [2.75, 3.05) is 14.2 Å². The lowest BCUT2D eigenvalue weighted by molar-refractivity contribution is 0.0615. The van der Waals surface area contributed by atoms with E-state index in [4.69, 9.17) is 14.2 Å². The molecule has 0 spiro atoms. The van der Waals surface area contributed by atoms with Gasteiger partial charge in [-0.05, 0) is 32.0 Å².